The van der Waals surface area contributed by atoms with E-state index in [0.717, 1.165) is 12.8 Å². The fourth-order valence-corrected chi connectivity index (χ4v) is 2.40. The number of rotatable bonds is 5. The van der Waals surface area contributed by atoms with Gasteiger partial charge in [-0.3, -0.25) is 0 Å². The van der Waals surface area contributed by atoms with Gasteiger partial charge in [0.15, 0.2) is 0 Å². The monoisotopic (exact) mass is 282 g/mol. The first kappa shape index (κ1) is 13.7. The molecule has 0 atom stereocenters. The average Bonchev–Trinajstić information content (AvgIpc) is 2.22. The predicted molar refractivity (Wildman–Crippen MR) is 64.4 cm³/mol. The first-order chi connectivity index (χ1) is 7.47. The van der Waals surface area contributed by atoms with E-state index in [-0.39, 0.29) is 15.1 Å². The smallest absolute Gasteiger partial charge is 0.242 e. The zero-order valence-corrected chi connectivity index (χ0v) is 11.0. The second kappa shape index (κ2) is 5.82. The minimum absolute atomic E-state index is 0.0259. The third kappa shape index (κ3) is 3.59. The van der Waals surface area contributed by atoms with Crippen LogP contribution in [0.2, 0.25) is 10.2 Å². The van der Waals surface area contributed by atoms with Gasteiger partial charge in [0, 0.05) is 12.7 Å². The molecule has 0 aliphatic heterocycles. The van der Waals surface area contributed by atoms with Crippen LogP contribution in [-0.4, -0.2) is 19.9 Å². The van der Waals surface area contributed by atoms with Gasteiger partial charge < -0.3 is 0 Å². The van der Waals surface area contributed by atoms with Gasteiger partial charge in [0.05, 0.1) is 5.02 Å². The summed E-state index contributed by atoms with van der Waals surface area (Å²) in [5.74, 6) is 0. The molecule has 0 amide bonds. The van der Waals surface area contributed by atoms with Gasteiger partial charge in [-0.05, 0) is 12.5 Å². The predicted octanol–water partition coefficient (Wildman–Crippen LogP) is 2.47. The highest BCUT2D eigenvalue weighted by Gasteiger charge is 2.15. The Morgan fingerprint density at radius 1 is 1.44 bits per heavy atom. The number of aromatic nitrogens is 1. The molecule has 1 heterocycles. The topological polar surface area (TPSA) is 59.1 Å². The molecule has 16 heavy (non-hydrogen) atoms. The van der Waals surface area contributed by atoms with Gasteiger partial charge in [0.1, 0.15) is 10.0 Å². The van der Waals surface area contributed by atoms with Crippen LogP contribution in [0.15, 0.2) is 17.2 Å². The number of unbranched alkanes of at least 4 members (excludes halogenated alkanes) is 1. The van der Waals surface area contributed by atoms with Gasteiger partial charge in [0.2, 0.25) is 10.0 Å². The number of sulfonamides is 1. The normalized spacial score (nSPS) is 11.7. The van der Waals surface area contributed by atoms with Crippen LogP contribution in [0.1, 0.15) is 19.8 Å². The molecule has 0 unspecified atom stereocenters. The summed E-state index contributed by atoms with van der Waals surface area (Å²) in [5.41, 5.74) is 0. The van der Waals surface area contributed by atoms with Crippen LogP contribution >= 0.6 is 23.2 Å². The molecular formula is C9H12Cl2N2O2S. The van der Waals surface area contributed by atoms with Gasteiger partial charge in [-0.1, -0.05) is 36.5 Å². The number of halogens is 2. The van der Waals surface area contributed by atoms with Crippen molar-refractivity contribution in [2.24, 2.45) is 0 Å². The Bertz CT molecular complexity index is 463. The van der Waals surface area contributed by atoms with Crippen LogP contribution in [0, 0.1) is 0 Å². The van der Waals surface area contributed by atoms with E-state index >= 15 is 0 Å². The fraction of sp³-hybridized carbons (Fsp3) is 0.444. The maximum absolute atomic E-state index is 11.7. The summed E-state index contributed by atoms with van der Waals surface area (Å²) in [5, 5.41) is 0.217. The first-order valence-electron chi connectivity index (χ1n) is 4.78. The standard InChI is InChI=1S/C9H12Cl2N2O2S/c1-2-3-4-13-16(14,15)7-5-8(10)9(11)12-6-7/h5-6,13H,2-4H2,1H3. The van der Waals surface area contributed by atoms with Crippen molar-refractivity contribution < 1.29 is 8.42 Å². The zero-order chi connectivity index (χ0) is 12.2. The molecule has 0 radical (unpaired) electrons. The summed E-state index contributed by atoms with van der Waals surface area (Å²) in [6, 6.07) is 1.28. The average molecular weight is 283 g/mol. The van der Waals surface area contributed by atoms with Crippen LogP contribution in [0.3, 0.4) is 0 Å². The molecule has 1 N–H and O–H groups in total. The van der Waals surface area contributed by atoms with E-state index in [1.54, 1.807) is 0 Å². The molecule has 4 nitrogen and oxygen atoms in total. The molecule has 1 aromatic heterocycles. The van der Waals surface area contributed by atoms with Crippen LogP contribution < -0.4 is 4.72 Å². The van der Waals surface area contributed by atoms with E-state index < -0.39 is 10.0 Å². The molecule has 1 aromatic rings. The summed E-state index contributed by atoms with van der Waals surface area (Å²) in [7, 11) is -3.53. The SMILES string of the molecule is CCCCNS(=O)(=O)c1cnc(Cl)c(Cl)c1. The van der Waals surface area contributed by atoms with E-state index in [1.165, 1.54) is 12.3 Å². The van der Waals surface area contributed by atoms with Crippen LogP contribution in [0.4, 0.5) is 0 Å². The highest BCUT2D eigenvalue weighted by atomic mass is 35.5. The Labute approximate surface area is 105 Å². The minimum Gasteiger partial charge on any atom is -0.242 e. The summed E-state index contributed by atoms with van der Waals surface area (Å²) in [6.45, 7) is 2.38. The molecule has 90 valence electrons. The fourth-order valence-electron chi connectivity index (χ4n) is 1.02. The highest BCUT2D eigenvalue weighted by Crippen LogP contribution is 2.21. The van der Waals surface area contributed by atoms with Crippen molar-refractivity contribution in [2.75, 3.05) is 6.54 Å². The van der Waals surface area contributed by atoms with Crippen molar-refractivity contribution in [1.29, 1.82) is 0 Å². The van der Waals surface area contributed by atoms with Crippen molar-refractivity contribution in [2.45, 2.75) is 24.7 Å². The number of hydrogen-bond donors (Lipinski definition) is 1. The van der Waals surface area contributed by atoms with Crippen molar-refractivity contribution >= 4 is 33.2 Å². The molecule has 1 rings (SSSR count). The molecular weight excluding hydrogens is 271 g/mol. The molecule has 0 bridgehead atoms. The van der Waals surface area contributed by atoms with Crippen LogP contribution in [0.5, 0.6) is 0 Å². The van der Waals surface area contributed by atoms with Crippen molar-refractivity contribution in [1.82, 2.24) is 9.71 Å². The van der Waals surface area contributed by atoms with Crippen molar-refractivity contribution in [3.05, 3.63) is 22.4 Å². The number of hydrogen-bond acceptors (Lipinski definition) is 3. The molecule has 7 heteroatoms. The molecule has 0 aromatic carbocycles. The Hall–Kier alpha value is -0.360. The second-order valence-corrected chi connectivity index (χ2v) is 5.73. The van der Waals surface area contributed by atoms with Crippen LogP contribution in [-0.2, 0) is 10.0 Å². The van der Waals surface area contributed by atoms with E-state index in [0.29, 0.717) is 6.54 Å². The molecule has 0 aliphatic carbocycles. The lowest BCUT2D eigenvalue weighted by molar-refractivity contribution is 0.578. The lowest BCUT2D eigenvalue weighted by Crippen LogP contribution is -2.24. The van der Waals surface area contributed by atoms with E-state index in [1.807, 2.05) is 6.92 Å². The summed E-state index contributed by atoms with van der Waals surface area (Å²) >= 11 is 11.3. The quantitative estimate of drug-likeness (QED) is 0.667. The maximum atomic E-state index is 11.7. The first-order valence-corrected chi connectivity index (χ1v) is 7.02. The minimum atomic E-state index is -3.53. The van der Waals surface area contributed by atoms with Gasteiger partial charge in [-0.25, -0.2) is 18.1 Å². The Kier molecular flexibility index (Phi) is 4.98. The number of pyridine rings is 1. The largest absolute Gasteiger partial charge is 0.242 e. The summed E-state index contributed by atoms with van der Waals surface area (Å²) in [6.07, 6.45) is 2.89. The van der Waals surface area contributed by atoms with E-state index in [2.05, 4.69) is 9.71 Å². The third-order valence-corrected chi connectivity index (χ3v) is 4.02. The van der Waals surface area contributed by atoms with E-state index in [9.17, 15) is 8.42 Å². The lowest BCUT2D eigenvalue weighted by atomic mass is 10.3. The van der Waals surface area contributed by atoms with Crippen molar-refractivity contribution in [3.8, 4) is 0 Å². The summed E-state index contributed by atoms with van der Waals surface area (Å²) < 4.78 is 25.9. The van der Waals surface area contributed by atoms with Gasteiger partial charge in [0.25, 0.3) is 0 Å². The molecule has 0 saturated carbocycles. The van der Waals surface area contributed by atoms with Crippen LogP contribution in [0.25, 0.3) is 0 Å². The molecule has 0 fully saturated rings. The van der Waals surface area contributed by atoms with Gasteiger partial charge in [-0.2, -0.15) is 0 Å². The second-order valence-electron chi connectivity index (χ2n) is 3.19. The third-order valence-electron chi connectivity index (χ3n) is 1.90. The summed E-state index contributed by atoms with van der Waals surface area (Å²) in [4.78, 5) is 3.71. The zero-order valence-electron chi connectivity index (χ0n) is 8.70. The highest BCUT2D eigenvalue weighted by molar-refractivity contribution is 7.89. The molecule has 0 saturated heterocycles. The Balaban J connectivity index is 2.86. The Morgan fingerprint density at radius 2 is 2.12 bits per heavy atom. The van der Waals surface area contributed by atoms with Gasteiger partial charge >= 0.3 is 0 Å². The molecule has 0 aliphatic rings. The van der Waals surface area contributed by atoms with Gasteiger partial charge in [-0.15, -0.1) is 0 Å². The number of nitrogens with zero attached hydrogens (tertiary/aromatic N) is 1. The molecule has 0 spiro atoms. The van der Waals surface area contributed by atoms with E-state index in [4.69, 9.17) is 23.2 Å². The van der Waals surface area contributed by atoms with Crippen molar-refractivity contribution in [3.63, 3.8) is 0 Å². The maximum Gasteiger partial charge on any atom is 0.242 e. The Morgan fingerprint density at radius 3 is 2.69 bits per heavy atom. The number of nitrogens with one attached hydrogen (secondary N) is 1. The lowest BCUT2D eigenvalue weighted by Gasteiger charge is -2.06.